The number of carbonyl (C=O) groups is 2. The van der Waals surface area contributed by atoms with Gasteiger partial charge < -0.3 is 14.2 Å². The summed E-state index contributed by atoms with van der Waals surface area (Å²) in [4.78, 5) is 32.7. The molecule has 7 heteroatoms. The Kier molecular flexibility index (Phi) is 6.07. The zero-order valence-corrected chi connectivity index (χ0v) is 19.5. The molecule has 0 bridgehead atoms. The van der Waals surface area contributed by atoms with Gasteiger partial charge in [-0.1, -0.05) is 35.9 Å². The van der Waals surface area contributed by atoms with Crippen molar-refractivity contribution in [3.8, 4) is 5.75 Å². The average molecular weight is 474 g/mol. The van der Waals surface area contributed by atoms with E-state index in [0.29, 0.717) is 30.1 Å². The highest BCUT2D eigenvalue weighted by atomic mass is 35.5. The first-order chi connectivity index (χ1) is 16.5. The zero-order chi connectivity index (χ0) is 23.7. The van der Waals surface area contributed by atoms with E-state index in [1.165, 1.54) is 0 Å². The monoisotopic (exact) mass is 473 g/mol. The van der Waals surface area contributed by atoms with Gasteiger partial charge in [-0.2, -0.15) is 0 Å². The minimum atomic E-state index is -0.0869. The topological polar surface area (TPSA) is 64.4 Å². The lowest BCUT2D eigenvalue weighted by Crippen LogP contribution is -2.24. The first-order valence-electron chi connectivity index (χ1n) is 11.2. The standard InChI is InChI=1S/C27H24ClN3O3/c1-34-22-12-6-18(7-13-22)15-30-16-20(14-26(30)33)27-29-23-4-2-3-5-24(23)31(27)17-25(32)19-8-10-21(28)11-9-19/h2-13,20H,14-17H2,1H3. The second kappa shape index (κ2) is 9.31. The normalized spacial score (nSPS) is 15.8. The summed E-state index contributed by atoms with van der Waals surface area (Å²) >= 11 is 5.98. The highest BCUT2D eigenvalue weighted by molar-refractivity contribution is 6.30. The van der Waals surface area contributed by atoms with Crippen molar-refractivity contribution in [2.75, 3.05) is 13.7 Å². The number of nitrogens with zero attached hydrogens (tertiary/aromatic N) is 3. The number of ketones is 1. The van der Waals surface area contributed by atoms with Crippen LogP contribution in [0.15, 0.2) is 72.8 Å². The van der Waals surface area contributed by atoms with Gasteiger partial charge in [-0.05, 0) is 54.1 Å². The number of carbonyl (C=O) groups excluding carboxylic acids is 2. The quantitative estimate of drug-likeness (QED) is 0.350. The molecule has 1 aromatic heterocycles. The molecule has 1 atom stereocenters. The second-order valence-electron chi connectivity index (χ2n) is 8.50. The summed E-state index contributed by atoms with van der Waals surface area (Å²) in [5.74, 6) is 1.53. The third kappa shape index (κ3) is 4.41. The molecule has 0 saturated carbocycles. The van der Waals surface area contributed by atoms with Crippen molar-refractivity contribution < 1.29 is 14.3 Å². The smallest absolute Gasteiger partial charge is 0.223 e. The van der Waals surface area contributed by atoms with Crippen LogP contribution in [0, 0.1) is 0 Å². The van der Waals surface area contributed by atoms with Crippen molar-refractivity contribution in [3.63, 3.8) is 0 Å². The van der Waals surface area contributed by atoms with Crippen molar-refractivity contribution in [3.05, 3.63) is 94.8 Å². The SMILES string of the molecule is COc1ccc(CN2CC(c3nc4ccccc4n3CC(=O)c3ccc(Cl)cc3)CC2=O)cc1. The number of fused-ring (bicyclic) bond motifs is 1. The molecule has 1 aliphatic heterocycles. The van der Waals surface area contributed by atoms with E-state index in [-0.39, 0.29) is 24.2 Å². The van der Waals surface area contributed by atoms with E-state index in [9.17, 15) is 9.59 Å². The molecule has 1 fully saturated rings. The fourth-order valence-corrected chi connectivity index (χ4v) is 4.62. The van der Waals surface area contributed by atoms with E-state index in [2.05, 4.69) is 0 Å². The first kappa shape index (κ1) is 22.2. The summed E-state index contributed by atoms with van der Waals surface area (Å²) in [7, 11) is 1.63. The Morgan fingerprint density at radius 3 is 2.53 bits per heavy atom. The molecular formula is C27H24ClN3O3. The molecule has 4 aromatic rings. The molecule has 3 aromatic carbocycles. The van der Waals surface area contributed by atoms with Crippen LogP contribution in [0.2, 0.25) is 5.02 Å². The predicted molar refractivity (Wildman–Crippen MR) is 131 cm³/mol. The van der Waals surface area contributed by atoms with Crippen molar-refractivity contribution in [1.29, 1.82) is 0 Å². The van der Waals surface area contributed by atoms with Gasteiger partial charge in [-0.3, -0.25) is 9.59 Å². The number of halogens is 1. The Morgan fingerprint density at radius 1 is 1.06 bits per heavy atom. The number of likely N-dealkylation sites (tertiary alicyclic amines) is 1. The van der Waals surface area contributed by atoms with Crippen LogP contribution in [0.3, 0.4) is 0 Å². The molecule has 6 nitrogen and oxygen atoms in total. The molecular weight excluding hydrogens is 450 g/mol. The number of Topliss-reactive ketones (excluding diaryl/α,β-unsaturated/α-hetero) is 1. The Bertz CT molecular complexity index is 1350. The van der Waals surface area contributed by atoms with Crippen molar-refractivity contribution in [1.82, 2.24) is 14.5 Å². The van der Waals surface area contributed by atoms with Crippen LogP contribution in [0.1, 0.15) is 34.1 Å². The fraction of sp³-hybridized carbons (Fsp3) is 0.222. The molecule has 0 aliphatic carbocycles. The molecule has 34 heavy (non-hydrogen) atoms. The maximum Gasteiger partial charge on any atom is 0.223 e. The van der Waals surface area contributed by atoms with Gasteiger partial charge in [0.15, 0.2) is 5.78 Å². The molecule has 172 valence electrons. The number of hydrogen-bond acceptors (Lipinski definition) is 4. The van der Waals surface area contributed by atoms with Gasteiger partial charge in [-0.25, -0.2) is 4.98 Å². The minimum absolute atomic E-state index is 0.0273. The first-order valence-corrected chi connectivity index (χ1v) is 11.5. The maximum atomic E-state index is 13.1. The zero-order valence-electron chi connectivity index (χ0n) is 18.8. The highest BCUT2D eigenvalue weighted by Crippen LogP contribution is 2.31. The summed E-state index contributed by atoms with van der Waals surface area (Å²) in [5, 5.41) is 0.590. The van der Waals surface area contributed by atoms with Crippen molar-refractivity contribution in [2.24, 2.45) is 0 Å². The molecule has 0 N–H and O–H groups in total. The molecule has 0 radical (unpaired) electrons. The van der Waals surface area contributed by atoms with E-state index in [0.717, 1.165) is 28.2 Å². The number of rotatable bonds is 7. The van der Waals surface area contributed by atoms with Crippen LogP contribution >= 0.6 is 11.6 Å². The van der Waals surface area contributed by atoms with E-state index >= 15 is 0 Å². The summed E-state index contributed by atoms with van der Waals surface area (Å²) in [6.07, 6.45) is 0.370. The van der Waals surface area contributed by atoms with Gasteiger partial charge in [0, 0.05) is 36.0 Å². The Balaban J connectivity index is 1.41. The number of hydrogen-bond donors (Lipinski definition) is 0. The molecule has 0 spiro atoms. The second-order valence-corrected chi connectivity index (χ2v) is 8.93. The summed E-state index contributed by atoms with van der Waals surface area (Å²) < 4.78 is 7.18. The van der Waals surface area contributed by atoms with Crippen LogP contribution in [0.4, 0.5) is 0 Å². The van der Waals surface area contributed by atoms with Crippen LogP contribution in [-0.2, 0) is 17.9 Å². The van der Waals surface area contributed by atoms with Gasteiger partial charge in [0.25, 0.3) is 0 Å². The summed E-state index contributed by atoms with van der Waals surface area (Å²) in [6, 6.07) is 22.4. The van der Waals surface area contributed by atoms with Gasteiger partial charge >= 0.3 is 0 Å². The largest absolute Gasteiger partial charge is 0.497 e. The summed E-state index contributed by atoms with van der Waals surface area (Å²) in [5.41, 5.74) is 3.35. The molecule has 5 rings (SSSR count). The Morgan fingerprint density at radius 2 is 1.79 bits per heavy atom. The van der Waals surface area contributed by atoms with E-state index in [1.807, 2.05) is 58.0 Å². The third-order valence-electron chi connectivity index (χ3n) is 6.26. The van der Waals surface area contributed by atoms with Crippen molar-refractivity contribution in [2.45, 2.75) is 25.4 Å². The minimum Gasteiger partial charge on any atom is -0.497 e. The van der Waals surface area contributed by atoms with E-state index in [4.69, 9.17) is 21.3 Å². The maximum absolute atomic E-state index is 13.1. The molecule has 2 heterocycles. The Hall–Kier alpha value is -3.64. The number of imidazole rings is 1. The van der Waals surface area contributed by atoms with E-state index in [1.54, 1.807) is 31.4 Å². The summed E-state index contributed by atoms with van der Waals surface area (Å²) in [6.45, 7) is 1.24. The molecule has 1 amide bonds. The fourth-order valence-electron chi connectivity index (χ4n) is 4.49. The number of aromatic nitrogens is 2. The lowest BCUT2D eigenvalue weighted by atomic mass is 10.1. The van der Waals surface area contributed by atoms with Crippen LogP contribution in [0.5, 0.6) is 5.75 Å². The highest BCUT2D eigenvalue weighted by Gasteiger charge is 2.34. The van der Waals surface area contributed by atoms with Crippen LogP contribution < -0.4 is 4.74 Å². The predicted octanol–water partition coefficient (Wildman–Crippen LogP) is 5.10. The van der Waals surface area contributed by atoms with Gasteiger partial charge in [0.2, 0.25) is 5.91 Å². The van der Waals surface area contributed by atoms with Crippen LogP contribution in [0.25, 0.3) is 11.0 Å². The lowest BCUT2D eigenvalue weighted by molar-refractivity contribution is -0.128. The molecule has 1 unspecified atom stereocenters. The lowest BCUT2D eigenvalue weighted by Gasteiger charge is -2.17. The Labute approximate surface area is 202 Å². The number of amides is 1. The van der Waals surface area contributed by atoms with E-state index < -0.39 is 0 Å². The van der Waals surface area contributed by atoms with Gasteiger partial charge in [0.1, 0.15) is 11.6 Å². The van der Waals surface area contributed by atoms with Gasteiger partial charge in [-0.15, -0.1) is 0 Å². The number of methoxy groups -OCH3 is 1. The van der Waals surface area contributed by atoms with Crippen LogP contribution in [-0.4, -0.2) is 39.8 Å². The number of ether oxygens (including phenoxy) is 1. The molecule has 1 saturated heterocycles. The number of para-hydroxylation sites is 2. The third-order valence-corrected chi connectivity index (χ3v) is 6.52. The molecule has 1 aliphatic rings. The van der Waals surface area contributed by atoms with Crippen molar-refractivity contribution >= 4 is 34.3 Å². The van der Waals surface area contributed by atoms with Gasteiger partial charge in [0.05, 0.1) is 24.7 Å². The average Bonchev–Trinajstić information content (AvgIpc) is 3.40. The number of benzene rings is 3.